The summed E-state index contributed by atoms with van der Waals surface area (Å²) in [7, 11) is 0. The first-order valence-electron chi connectivity index (χ1n) is 6.12. The number of benzene rings is 2. The third kappa shape index (κ3) is 3.21. The molecule has 6 heteroatoms. The smallest absolute Gasteiger partial charge is 0.256 e. The van der Waals surface area contributed by atoms with Crippen LogP contribution >= 0.6 is 15.9 Å². The number of halogens is 3. The molecule has 2 aromatic carbocycles. The number of hydrogen-bond donors (Lipinski definition) is 2. The topological polar surface area (TPSA) is 55.1 Å². The Morgan fingerprint density at radius 3 is 2.43 bits per heavy atom. The van der Waals surface area contributed by atoms with Gasteiger partial charge in [0.2, 0.25) is 0 Å². The number of nitrogen functional groups attached to an aromatic ring is 1. The van der Waals surface area contributed by atoms with Crippen molar-refractivity contribution in [2.24, 2.45) is 0 Å². The van der Waals surface area contributed by atoms with E-state index in [1.54, 1.807) is 13.0 Å². The fourth-order valence-corrected chi connectivity index (χ4v) is 2.27. The predicted molar refractivity (Wildman–Crippen MR) is 82.3 cm³/mol. The van der Waals surface area contributed by atoms with Crippen molar-refractivity contribution in [2.75, 3.05) is 11.1 Å². The van der Waals surface area contributed by atoms with Crippen LogP contribution in [-0.4, -0.2) is 5.91 Å². The number of aryl methyl sites for hydroxylation is 2. The summed E-state index contributed by atoms with van der Waals surface area (Å²) >= 11 is 2.95. The SMILES string of the molecule is Cc1cc(C)c(C(=O)Nc2cc(Br)c(F)cc2F)cc1N. The summed E-state index contributed by atoms with van der Waals surface area (Å²) in [5.41, 5.74) is 8.09. The third-order valence-corrected chi connectivity index (χ3v) is 3.72. The van der Waals surface area contributed by atoms with Crippen molar-refractivity contribution in [3.8, 4) is 0 Å². The molecule has 3 N–H and O–H groups in total. The Hall–Kier alpha value is -1.95. The number of anilines is 2. The molecule has 0 saturated heterocycles. The minimum Gasteiger partial charge on any atom is -0.398 e. The Morgan fingerprint density at radius 1 is 1.10 bits per heavy atom. The highest BCUT2D eigenvalue weighted by Crippen LogP contribution is 2.25. The third-order valence-electron chi connectivity index (χ3n) is 3.12. The molecule has 3 nitrogen and oxygen atoms in total. The van der Waals surface area contributed by atoms with Gasteiger partial charge in [0, 0.05) is 17.3 Å². The standard InChI is InChI=1S/C15H13BrF2N2O/c1-7-3-8(2)13(19)4-9(7)15(21)20-14-5-10(16)11(17)6-12(14)18/h3-6H,19H2,1-2H3,(H,20,21). The highest BCUT2D eigenvalue weighted by molar-refractivity contribution is 9.10. The number of nitrogens with one attached hydrogen (secondary N) is 1. The van der Waals surface area contributed by atoms with Crippen molar-refractivity contribution in [3.05, 3.63) is 57.1 Å². The Balaban J connectivity index is 2.35. The lowest BCUT2D eigenvalue weighted by molar-refractivity contribution is 0.102. The highest BCUT2D eigenvalue weighted by Gasteiger charge is 2.15. The van der Waals surface area contributed by atoms with E-state index >= 15 is 0 Å². The highest BCUT2D eigenvalue weighted by atomic mass is 79.9. The van der Waals surface area contributed by atoms with Gasteiger partial charge in [-0.15, -0.1) is 0 Å². The van der Waals surface area contributed by atoms with E-state index < -0.39 is 17.5 Å². The number of carbonyl (C=O) groups is 1. The van der Waals surface area contributed by atoms with E-state index in [-0.39, 0.29) is 10.2 Å². The molecule has 0 saturated carbocycles. The van der Waals surface area contributed by atoms with Crippen molar-refractivity contribution in [3.63, 3.8) is 0 Å². The van der Waals surface area contributed by atoms with Crippen molar-refractivity contribution in [1.29, 1.82) is 0 Å². The molecule has 0 radical (unpaired) electrons. The summed E-state index contributed by atoms with van der Waals surface area (Å²) in [6.45, 7) is 3.60. The largest absolute Gasteiger partial charge is 0.398 e. The van der Waals surface area contributed by atoms with E-state index in [4.69, 9.17) is 5.73 Å². The fraction of sp³-hybridized carbons (Fsp3) is 0.133. The van der Waals surface area contributed by atoms with Crippen LogP contribution in [0, 0.1) is 25.5 Å². The lowest BCUT2D eigenvalue weighted by atomic mass is 10.0. The molecule has 2 rings (SSSR count). The van der Waals surface area contributed by atoms with Gasteiger partial charge < -0.3 is 11.1 Å². The maximum atomic E-state index is 13.7. The van der Waals surface area contributed by atoms with E-state index in [1.807, 2.05) is 6.92 Å². The molecule has 21 heavy (non-hydrogen) atoms. The molecule has 0 fully saturated rings. The minimum absolute atomic E-state index is 0.0688. The summed E-state index contributed by atoms with van der Waals surface area (Å²) in [6.07, 6.45) is 0. The van der Waals surface area contributed by atoms with Gasteiger partial charge in [0.15, 0.2) is 0 Å². The summed E-state index contributed by atoms with van der Waals surface area (Å²) in [5, 5.41) is 2.42. The molecule has 0 aliphatic heterocycles. The maximum Gasteiger partial charge on any atom is 0.256 e. The molecule has 0 heterocycles. The van der Waals surface area contributed by atoms with Gasteiger partial charge in [-0.1, -0.05) is 6.07 Å². The molecule has 0 aromatic heterocycles. The quantitative estimate of drug-likeness (QED) is 0.627. The van der Waals surface area contributed by atoms with Crippen molar-refractivity contribution in [2.45, 2.75) is 13.8 Å². The zero-order valence-corrected chi connectivity index (χ0v) is 13.0. The molecular weight excluding hydrogens is 342 g/mol. The minimum atomic E-state index is -0.846. The van der Waals surface area contributed by atoms with Crippen LogP contribution in [0.4, 0.5) is 20.2 Å². The molecule has 2 aromatic rings. The lowest BCUT2D eigenvalue weighted by Crippen LogP contribution is -2.15. The second kappa shape index (κ2) is 5.81. The van der Waals surface area contributed by atoms with Crippen LogP contribution in [0.25, 0.3) is 0 Å². The number of hydrogen-bond acceptors (Lipinski definition) is 2. The van der Waals surface area contributed by atoms with E-state index in [2.05, 4.69) is 21.2 Å². The zero-order valence-electron chi connectivity index (χ0n) is 11.4. The normalized spacial score (nSPS) is 10.5. The average molecular weight is 355 g/mol. The molecule has 0 aliphatic carbocycles. The Labute approximate surface area is 129 Å². The summed E-state index contributed by atoms with van der Waals surface area (Å²) < 4.78 is 26.9. The van der Waals surface area contributed by atoms with Crippen LogP contribution in [-0.2, 0) is 0 Å². The van der Waals surface area contributed by atoms with Crippen LogP contribution in [0.3, 0.4) is 0 Å². The van der Waals surface area contributed by atoms with Crippen molar-refractivity contribution in [1.82, 2.24) is 0 Å². The van der Waals surface area contributed by atoms with E-state index in [9.17, 15) is 13.6 Å². The second-order valence-electron chi connectivity index (χ2n) is 4.72. The average Bonchev–Trinajstić information content (AvgIpc) is 2.40. The van der Waals surface area contributed by atoms with Crippen LogP contribution in [0.2, 0.25) is 0 Å². The first-order valence-corrected chi connectivity index (χ1v) is 6.91. The van der Waals surface area contributed by atoms with Crippen molar-refractivity contribution >= 4 is 33.2 Å². The van der Waals surface area contributed by atoms with Crippen LogP contribution in [0.15, 0.2) is 28.7 Å². The molecule has 1 amide bonds. The number of nitrogens with two attached hydrogens (primary N) is 1. The molecular formula is C15H13BrF2N2O. The van der Waals surface area contributed by atoms with Gasteiger partial charge in [-0.05, 0) is 53.0 Å². The number of amides is 1. The molecule has 110 valence electrons. The Bertz CT molecular complexity index is 732. The first kappa shape index (κ1) is 15.4. The van der Waals surface area contributed by atoms with Gasteiger partial charge in [0.1, 0.15) is 11.6 Å². The predicted octanol–water partition coefficient (Wildman–Crippen LogP) is 4.18. The van der Waals surface area contributed by atoms with Crippen LogP contribution in [0.5, 0.6) is 0 Å². The molecule has 0 spiro atoms. The first-order chi connectivity index (χ1) is 9.79. The molecule has 0 bridgehead atoms. The monoisotopic (exact) mass is 354 g/mol. The maximum absolute atomic E-state index is 13.7. The van der Waals surface area contributed by atoms with Crippen LogP contribution < -0.4 is 11.1 Å². The molecule has 0 unspecified atom stereocenters. The van der Waals surface area contributed by atoms with Gasteiger partial charge in [-0.2, -0.15) is 0 Å². The van der Waals surface area contributed by atoms with Gasteiger partial charge in [-0.3, -0.25) is 4.79 Å². The Morgan fingerprint density at radius 2 is 1.76 bits per heavy atom. The number of carbonyl (C=O) groups excluding carboxylic acids is 1. The molecule has 0 aliphatic rings. The second-order valence-corrected chi connectivity index (χ2v) is 5.58. The van der Waals surface area contributed by atoms with Gasteiger partial charge in [0.25, 0.3) is 5.91 Å². The Kier molecular flexibility index (Phi) is 4.27. The summed E-state index contributed by atoms with van der Waals surface area (Å²) in [6, 6.07) is 5.20. The van der Waals surface area contributed by atoms with E-state index in [1.165, 1.54) is 12.1 Å². The number of rotatable bonds is 2. The molecule has 0 atom stereocenters. The van der Waals surface area contributed by atoms with Crippen molar-refractivity contribution < 1.29 is 13.6 Å². The van der Waals surface area contributed by atoms with E-state index in [0.717, 1.165) is 11.1 Å². The summed E-state index contributed by atoms with van der Waals surface area (Å²) in [4.78, 5) is 12.2. The van der Waals surface area contributed by atoms with Gasteiger partial charge in [0.05, 0.1) is 10.2 Å². The van der Waals surface area contributed by atoms with Gasteiger partial charge >= 0.3 is 0 Å². The lowest BCUT2D eigenvalue weighted by Gasteiger charge is -2.11. The van der Waals surface area contributed by atoms with Gasteiger partial charge in [-0.25, -0.2) is 8.78 Å². The van der Waals surface area contributed by atoms with Crippen LogP contribution in [0.1, 0.15) is 21.5 Å². The zero-order chi connectivity index (χ0) is 15.7. The van der Waals surface area contributed by atoms with E-state index in [0.29, 0.717) is 17.3 Å². The fourth-order valence-electron chi connectivity index (χ4n) is 1.92. The summed E-state index contributed by atoms with van der Waals surface area (Å²) in [5.74, 6) is -2.08.